The molecule has 0 spiro atoms. The fourth-order valence-corrected chi connectivity index (χ4v) is 7.65. The summed E-state index contributed by atoms with van der Waals surface area (Å²) in [6, 6.07) is 0. The first-order chi connectivity index (χ1) is 35.0. The Kier molecular flexibility index (Phi) is 49.2. The average Bonchev–Trinajstić information content (AvgIpc) is 3.34. The zero-order valence-corrected chi connectivity index (χ0v) is 47.0. The minimum atomic E-state index is -4.66. The van der Waals surface area contributed by atoms with Gasteiger partial charge in [-0.3, -0.25) is 14.2 Å². The number of esters is 2. The predicted molar refractivity (Wildman–Crippen MR) is 304 cm³/mol. The molecule has 0 aliphatic rings. The number of unbranched alkanes of at least 4 members (excludes halogenated alkanes) is 13. The van der Waals surface area contributed by atoms with Gasteiger partial charge in [0.2, 0.25) is 0 Å². The summed E-state index contributed by atoms with van der Waals surface area (Å²) in [5.41, 5.74) is 0. The number of allylic oxidation sites excluding steroid dienone is 22. The molecular formula is C62H102NO8P. The number of quaternary nitrogens is 1. The molecule has 0 aliphatic carbocycles. The van der Waals surface area contributed by atoms with Crippen molar-refractivity contribution in [3.63, 3.8) is 0 Å². The highest BCUT2D eigenvalue weighted by atomic mass is 31.2. The molecule has 0 aromatic heterocycles. The molecule has 0 aromatic rings. The number of rotatable bonds is 49. The second-order valence-electron chi connectivity index (χ2n) is 19.2. The second-order valence-corrected chi connectivity index (χ2v) is 20.6. The number of likely N-dealkylation sites (N-methyl/N-ethyl adjacent to an activating group) is 1. The summed E-state index contributed by atoms with van der Waals surface area (Å²) in [6.45, 7) is 3.93. The Bertz CT molecular complexity index is 1670. The SMILES string of the molecule is CC/C=C\C/C=C\C/C=C\C/C=C\C/C=C\C/C=C\CCCCC(=O)OC(COC(=O)CCCCCCCCCCCCC/C=C\C/C=C\C/C=C\C/C=C\C/C=C\CC)COP(=O)([O-])OCC[N+](C)(C)C. The van der Waals surface area contributed by atoms with E-state index in [9.17, 15) is 19.0 Å². The van der Waals surface area contributed by atoms with Crippen molar-refractivity contribution in [1.82, 2.24) is 0 Å². The third kappa shape index (κ3) is 55.5. The highest BCUT2D eigenvalue weighted by Gasteiger charge is 2.21. The number of nitrogens with zero attached hydrogens (tertiary/aromatic N) is 1. The Morgan fingerprint density at radius 3 is 1.14 bits per heavy atom. The van der Waals surface area contributed by atoms with Crippen LogP contribution in [0.5, 0.6) is 0 Å². The first-order valence-electron chi connectivity index (χ1n) is 27.9. The van der Waals surface area contributed by atoms with Crippen LogP contribution in [0.4, 0.5) is 0 Å². The summed E-state index contributed by atoms with van der Waals surface area (Å²) < 4.78 is 34.1. The number of carbonyl (C=O) groups excluding carboxylic acids is 2. The van der Waals surface area contributed by atoms with Crippen LogP contribution in [0.2, 0.25) is 0 Å². The van der Waals surface area contributed by atoms with Crippen LogP contribution in [0.25, 0.3) is 0 Å². The molecular weight excluding hydrogens is 918 g/mol. The Morgan fingerprint density at radius 2 is 0.750 bits per heavy atom. The van der Waals surface area contributed by atoms with E-state index in [1.165, 1.54) is 44.9 Å². The van der Waals surface area contributed by atoms with E-state index in [2.05, 4.69) is 148 Å². The maximum atomic E-state index is 12.8. The summed E-state index contributed by atoms with van der Waals surface area (Å²) in [5.74, 6) is -0.899. The van der Waals surface area contributed by atoms with E-state index in [0.717, 1.165) is 109 Å². The van der Waals surface area contributed by atoms with E-state index < -0.39 is 32.5 Å². The lowest BCUT2D eigenvalue weighted by Crippen LogP contribution is -2.37. The molecule has 0 fully saturated rings. The molecule has 0 rings (SSSR count). The van der Waals surface area contributed by atoms with E-state index in [0.29, 0.717) is 23.9 Å². The van der Waals surface area contributed by atoms with E-state index in [1.54, 1.807) is 0 Å². The van der Waals surface area contributed by atoms with Gasteiger partial charge in [-0.15, -0.1) is 0 Å². The summed E-state index contributed by atoms with van der Waals surface area (Å²) in [7, 11) is 1.11. The van der Waals surface area contributed by atoms with Crippen molar-refractivity contribution in [2.75, 3.05) is 47.5 Å². The molecule has 0 saturated heterocycles. The summed E-state index contributed by atoms with van der Waals surface area (Å²) >= 11 is 0. The van der Waals surface area contributed by atoms with Gasteiger partial charge in [-0.05, 0) is 109 Å². The lowest BCUT2D eigenvalue weighted by molar-refractivity contribution is -0.870. The zero-order chi connectivity index (χ0) is 52.7. The topological polar surface area (TPSA) is 111 Å². The largest absolute Gasteiger partial charge is 0.756 e. The summed E-state index contributed by atoms with van der Waals surface area (Å²) in [6.07, 6.45) is 74.9. The number of ether oxygens (including phenoxy) is 2. The van der Waals surface area contributed by atoms with E-state index in [1.807, 2.05) is 21.1 Å². The highest BCUT2D eigenvalue weighted by molar-refractivity contribution is 7.45. The molecule has 0 saturated carbocycles. The number of carbonyl (C=O) groups is 2. The maximum Gasteiger partial charge on any atom is 0.306 e. The van der Waals surface area contributed by atoms with E-state index in [4.69, 9.17) is 18.5 Å². The summed E-state index contributed by atoms with van der Waals surface area (Å²) in [5, 5.41) is 0. The maximum absolute atomic E-state index is 12.8. The molecule has 2 unspecified atom stereocenters. The van der Waals surface area contributed by atoms with Gasteiger partial charge in [0, 0.05) is 12.8 Å². The van der Waals surface area contributed by atoms with Crippen molar-refractivity contribution < 1.29 is 42.1 Å². The van der Waals surface area contributed by atoms with Crippen LogP contribution in [-0.2, 0) is 32.7 Å². The molecule has 0 heterocycles. The number of hydrogen-bond donors (Lipinski definition) is 0. The lowest BCUT2D eigenvalue weighted by Gasteiger charge is -2.28. The van der Waals surface area contributed by atoms with Crippen LogP contribution in [0, 0.1) is 0 Å². The van der Waals surface area contributed by atoms with Gasteiger partial charge < -0.3 is 27.9 Å². The van der Waals surface area contributed by atoms with Crippen LogP contribution < -0.4 is 4.89 Å². The molecule has 0 radical (unpaired) electrons. The lowest BCUT2D eigenvalue weighted by atomic mass is 10.0. The molecule has 9 nitrogen and oxygen atoms in total. The van der Waals surface area contributed by atoms with Crippen molar-refractivity contribution in [3.8, 4) is 0 Å². The normalized spacial score (nSPS) is 14.4. The van der Waals surface area contributed by atoms with E-state index in [-0.39, 0.29) is 26.1 Å². The first kappa shape index (κ1) is 68.2. The van der Waals surface area contributed by atoms with Crippen molar-refractivity contribution in [1.29, 1.82) is 0 Å². The van der Waals surface area contributed by atoms with Gasteiger partial charge >= 0.3 is 11.9 Å². The third-order valence-electron chi connectivity index (χ3n) is 11.2. The molecule has 0 amide bonds. The molecule has 408 valence electrons. The van der Waals surface area contributed by atoms with Gasteiger partial charge in [-0.1, -0.05) is 205 Å². The molecule has 0 bridgehead atoms. The fourth-order valence-electron chi connectivity index (χ4n) is 6.92. The molecule has 0 aromatic carbocycles. The Morgan fingerprint density at radius 1 is 0.431 bits per heavy atom. The summed E-state index contributed by atoms with van der Waals surface area (Å²) in [4.78, 5) is 37.8. The van der Waals surface area contributed by atoms with Crippen LogP contribution in [0.15, 0.2) is 134 Å². The Balaban J connectivity index is 4.29. The van der Waals surface area contributed by atoms with Crippen LogP contribution in [-0.4, -0.2) is 70.0 Å². The first-order valence-corrected chi connectivity index (χ1v) is 29.4. The monoisotopic (exact) mass is 1020 g/mol. The molecule has 0 N–H and O–H groups in total. The van der Waals surface area contributed by atoms with Gasteiger partial charge in [-0.2, -0.15) is 0 Å². The van der Waals surface area contributed by atoms with Crippen LogP contribution in [0.3, 0.4) is 0 Å². The van der Waals surface area contributed by atoms with Crippen molar-refractivity contribution in [2.24, 2.45) is 0 Å². The molecule has 2 atom stereocenters. The van der Waals surface area contributed by atoms with Gasteiger partial charge in [0.15, 0.2) is 6.10 Å². The molecule has 10 heteroatoms. The minimum absolute atomic E-state index is 0.0477. The quantitative estimate of drug-likeness (QED) is 0.0195. The molecule has 72 heavy (non-hydrogen) atoms. The minimum Gasteiger partial charge on any atom is -0.756 e. The van der Waals surface area contributed by atoms with Gasteiger partial charge in [0.1, 0.15) is 19.8 Å². The highest BCUT2D eigenvalue weighted by Crippen LogP contribution is 2.38. The average molecular weight is 1020 g/mol. The van der Waals surface area contributed by atoms with Crippen LogP contribution in [0.1, 0.15) is 194 Å². The number of phosphoric acid groups is 1. The van der Waals surface area contributed by atoms with Gasteiger partial charge in [-0.25, -0.2) is 0 Å². The second kappa shape index (κ2) is 52.0. The third-order valence-corrected chi connectivity index (χ3v) is 12.1. The standard InChI is InChI=1S/C62H102NO8P/c1-6-8-10-12-14-16-18-20-22-24-26-28-29-30-31-32-33-35-36-38-40-42-44-46-48-50-52-54-61(64)68-58-60(59-70-72(66,67)69-57-56-63(3,4)5)71-62(65)55-53-51-49-47-45-43-41-39-37-34-27-25-23-21-19-17-15-13-11-9-7-2/h8-11,14-17,20-23,26-28,30-31,34,39,41,45,47,60H,6-7,12-13,18-19,24-25,29,32-33,35-38,40,42-44,46,48-59H2,1-5H3/b10-8-,11-9-,16-14-,17-15-,22-20-,23-21-,28-26-,31-30-,34-27-,41-39-,47-45-. The van der Waals surface area contributed by atoms with Crippen molar-refractivity contribution >= 4 is 19.8 Å². The Labute approximate surface area is 441 Å². The fraction of sp³-hybridized carbons (Fsp3) is 0.613. The molecule has 0 aliphatic heterocycles. The smallest absolute Gasteiger partial charge is 0.306 e. The van der Waals surface area contributed by atoms with E-state index >= 15 is 0 Å². The van der Waals surface area contributed by atoms with Crippen molar-refractivity contribution in [2.45, 2.75) is 200 Å². The number of phosphoric ester groups is 1. The Hall–Kier alpha value is -3.85. The van der Waals surface area contributed by atoms with Gasteiger partial charge in [0.25, 0.3) is 7.82 Å². The zero-order valence-electron chi connectivity index (χ0n) is 46.1. The van der Waals surface area contributed by atoms with Crippen molar-refractivity contribution in [3.05, 3.63) is 134 Å². The number of hydrogen-bond acceptors (Lipinski definition) is 8. The van der Waals surface area contributed by atoms with Gasteiger partial charge in [0.05, 0.1) is 27.7 Å². The predicted octanol–water partition coefficient (Wildman–Crippen LogP) is 16.7. The van der Waals surface area contributed by atoms with Crippen LogP contribution >= 0.6 is 7.82 Å².